The van der Waals surface area contributed by atoms with E-state index in [0.29, 0.717) is 88.0 Å². The zero-order chi connectivity index (χ0) is 58.3. The average Bonchev–Trinajstić information content (AvgIpc) is 3.48. The van der Waals surface area contributed by atoms with Gasteiger partial charge in [-0.2, -0.15) is 15.0 Å². The van der Waals surface area contributed by atoms with Gasteiger partial charge in [0.1, 0.15) is 64.2 Å². The van der Waals surface area contributed by atoms with E-state index in [2.05, 4.69) is 51.7 Å². The molecule has 6 heterocycles. The summed E-state index contributed by atoms with van der Waals surface area (Å²) in [6.07, 6.45) is 7.04. The topological polar surface area (TPSA) is 218 Å². The quantitative estimate of drug-likeness (QED) is 0.0443. The van der Waals surface area contributed by atoms with E-state index in [1.54, 1.807) is 33.5 Å². The molecule has 4 aromatic heterocycles. The van der Waals surface area contributed by atoms with E-state index < -0.39 is 9.84 Å². The molecule has 20 nitrogen and oxygen atoms in total. The third-order valence-corrected chi connectivity index (χ3v) is 14.3. The minimum absolute atomic E-state index is 0.0408. The minimum Gasteiger partial charge on any atom is -0.497 e. The Bertz CT molecular complexity index is 3170. The zero-order valence-corrected chi connectivity index (χ0v) is 51.6. The Balaban J connectivity index is 0.000000182. The normalized spacial score (nSPS) is 14.9. The number of ether oxygens (including phenoxy) is 8. The molecular weight excluding hydrogens is 1180 g/mol. The molecule has 7 aromatic rings. The van der Waals surface area contributed by atoms with Crippen LogP contribution < -0.4 is 38.2 Å². The molecule has 27 heteroatoms. The molecule has 0 spiro atoms. The molecule has 0 aliphatic carbocycles. The third-order valence-electron chi connectivity index (χ3n) is 11.3. The van der Waals surface area contributed by atoms with Crippen molar-refractivity contribution in [1.29, 1.82) is 0 Å². The Morgan fingerprint density at radius 1 is 0.506 bits per heavy atom. The number of rotatable bonds is 18. The van der Waals surface area contributed by atoms with Gasteiger partial charge in [0.05, 0.1) is 46.8 Å². The number of thioether (sulfide) groups is 3. The van der Waals surface area contributed by atoms with E-state index in [-0.39, 0.29) is 29.9 Å². The van der Waals surface area contributed by atoms with Crippen LogP contribution >= 0.6 is 70.1 Å². The molecule has 2 fully saturated rings. The van der Waals surface area contributed by atoms with Crippen LogP contribution in [0.5, 0.6) is 34.9 Å². The van der Waals surface area contributed by atoms with Gasteiger partial charge in [-0.3, -0.25) is 0 Å². The van der Waals surface area contributed by atoms with Crippen LogP contribution in [0, 0.1) is 0 Å². The van der Waals surface area contributed by atoms with Crippen LogP contribution in [0.15, 0.2) is 118 Å². The SMILES string of the molecule is COc1ccc(COc2cc(Cl)nc(SC)n2)cc1.COc1ccc(COc2cc(N3CCO[C@H](C)C3)nc(S(C)(=O)=O)n2)cc1.COc1ccc(COc2cc(N3CCO[C@H](C)C3)nc(SC)n2)cc1.CSc1nc(Cl)cc(Cl)n1. The van der Waals surface area contributed by atoms with Crippen molar-refractivity contribution in [3.63, 3.8) is 0 Å². The summed E-state index contributed by atoms with van der Waals surface area (Å²) in [6, 6.07) is 29.6. The highest BCUT2D eigenvalue weighted by Gasteiger charge is 2.23. The summed E-state index contributed by atoms with van der Waals surface area (Å²) in [4.78, 5) is 37.6. The maximum absolute atomic E-state index is 12.0. The van der Waals surface area contributed by atoms with Gasteiger partial charge in [-0.05, 0) is 85.7 Å². The lowest BCUT2D eigenvalue weighted by Gasteiger charge is -2.32. The van der Waals surface area contributed by atoms with Crippen molar-refractivity contribution < 1.29 is 46.3 Å². The van der Waals surface area contributed by atoms with E-state index in [1.807, 2.05) is 109 Å². The molecule has 0 saturated carbocycles. The molecule has 3 aromatic carbocycles. The van der Waals surface area contributed by atoms with Crippen molar-refractivity contribution in [3.8, 4) is 34.9 Å². The van der Waals surface area contributed by atoms with Crippen LogP contribution in [0.3, 0.4) is 0 Å². The van der Waals surface area contributed by atoms with E-state index in [1.165, 1.54) is 41.4 Å². The third kappa shape index (κ3) is 21.8. The number of sulfone groups is 1. The standard InChI is InChI=1S/C18H23N3O5S.C18H23N3O3S.C13H13ClN2O2S.C5H4Cl2N2S/c1-13-11-21(8-9-25-13)16-10-17(20-18(19-16)27(3,22)23)26-12-14-4-6-15(24-2)7-5-14;1-13-11-21(8-9-23-13)16-10-17(20-18(19-16)25-3)24-12-14-4-6-15(22-2)7-5-14;1-17-10-5-3-9(4-6-10)8-18-12-7-11(14)15-13(16-12)19-2;1-10-5-8-3(6)2-4(7)9-5/h4-7,10,13H,8-9,11-12H2,1-3H3;4-7,10,13H,8-9,11-12H2,1-3H3;3-7H,8H2,1-2H3;2H,1H3/t2*13-;;/m11../s1. The number of anilines is 2. The molecule has 0 radical (unpaired) electrons. The first kappa shape index (κ1) is 64.3. The summed E-state index contributed by atoms with van der Waals surface area (Å²) in [5.74, 6) is 5.09. The number of hydrogen-bond donors (Lipinski definition) is 0. The van der Waals surface area contributed by atoms with E-state index in [9.17, 15) is 8.42 Å². The molecule has 2 aliphatic heterocycles. The van der Waals surface area contributed by atoms with Crippen LogP contribution in [-0.2, 0) is 39.1 Å². The number of nitrogens with zero attached hydrogens (tertiary/aromatic N) is 10. The van der Waals surface area contributed by atoms with Crippen molar-refractivity contribution in [3.05, 3.63) is 129 Å². The zero-order valence-electron chi connectivity index (χ0n) is 46.1. The Labute approximate surface area is 500 Å². The lowest BCUT2D eigenvalue weighted by atomic mass is 10.2. The Morgan fingerprint density at radius 3 is 1.22 bits per heavy atom. The molecular formula is C54H63Cl3N10O10S4. The van der Waals surface area contributed by atoms with Crippen molar-refractivity contribution in [2.24, 2.45) is 0 Å². The first-order chi connectivity index (χ1) is 38.9. The lowest BCUT2D eigenvalue weighted by molar-refractivity contribution is 0.0527. The van der Waals surface area contributed by atoms with Gasteiger partial charge < -0.3 is 47.7 Å². The van der Waals surface area contributed by atoms with Crippen LogP contribution in [0.25, 0.3) is 0 Å². The van der Waals surface area contributed by atoms with Crippen molar-refractivity contribution in [2.45, 2.75) is 66.5 Å². The Morgan fingerprint density at radius 2 is 0.852 bits per heavy atom. The molecule has 9 rings (SSSR count). The summed E-state index contributed by atoms with van der Waals surface area (Å²) in [5, 5.41) is 2.79. The fourth-order valence-corrected chi connectivity index (χ4v) is 9.59. The predicted octanol–water partition coefficient (Wildman–Crippen LogP) is 10.6. The molecule has 81 heavy (non-hydrogen) atoms. The van der Waals surface area contributed by atoms with Gasteiger partial charge in [0.2, 0.25) is 27.5 Å². The number of hydrogen-bond acceptors (Lipinski definition) is 23. The molecule has 2 aliphatic rings. The van der Waals surface area contributed by atoms with Gasteiger partial charge in [0.25, 0.3) is 5.16 Å². The molecule has 2 saturated heterocycles. The highest BCUT2D eigenvalue weighted by atomic mass is 35.5. The van der Waals surface area contributed by atoms with Gasteiger partial charge in [0.15, 0.2) is 15.5 Å². The second-order valence-electron chi connectivity index (χ2n) is 17.4. The van der Waals surface area contributed by atoms with E-state index in [0.717, 1.165) is 59.1 Å². The Kier molecular flexibility index (Phi) is 26.0. The number of methoxy groups -OCH3 is 3. The van der Waals surface area contributed by atoms with Crippen LogP contribution in [0.1, 0.15) is 30.5 Å². The van der Waals surface area contributed by atoms with Crippen LogP contribution in [0.2, 0.25) is 15.5 Å². The Hall–Kier alpha value is -5.83. The molecule has 0 unspecified atom stereocenters. The predicted molar refractivity (Wildman–Crippen MR) is 319 cm³/mol. The number of halogens is 3. The second-order valence-corrected chi connectivity index (χ2v) is 22.7. The van der Waals surface area contributed by atoms with E-state index in [4.69, 9.17) is 72.7 Å². The van der Waals surface area contributed by atoms with Crippen LogP contribution in [0.4, 0.5) is 11.6 Å². The fourth-order valence-electron chi connectivity index (χ4n) is 7.21. The number of aromatic nitrogens is 8. The van der Waals surface area contributed by atoms with Gasteiger partial charge in [-0.25, -0.2) is 33.3 Å². The largest absolute Gasteiger partial charge is 0.497 e. The molecule has 0 N–H and O–H groups in total. The summed E-state index contributed by atoms with van der Waals surface area (Å²) < 4.78 is 67.8. The highest BCUT2D eigenvalue weighted by molar-refractivity contribution is 7.98. The van der Waals surface area contributed by atoms with Crippen molar-refractivity contribution >= 4 is 91.6 Å². The first-order valence-electron chi connectivity index (χ1n) is 24.8. The smallest absolute Gasteiger partial charge is 0.252 e. The summed E-state index contributed by atoms with van der Waals surface area (Å²) in [5.41, 5.74) is 3.00. The number of benzene rings is 3. The molecule has 434 valence electrons. The second kappa shape index (κ2) is 32.7. The van der Waals surface area contributed by atoms with Gasteiger partial charge in [-0.1, -0.05) is 106 Å². The van der Waals surface area contributed by atoms with Crippen LogP contribution in [-0.4, -0.2) is 146 Å². The monoisotopic (exact) mass is 1240 g/mol. The van der Waals surface area contributed by atoms with Crippen molar-refractivity contribution in [1.82, 2.24) is 39.9 Å². The van der Waals surface area contributed by atoms with E-state index >= 15 is 0 Å². The number of morpholine rings is 2. The minimum atomic E-state index is -3.57. The summed E-state index contributed by atoms with van der Waals surface area (Å²) in [6.45, 7) is 9.33. The highest BCUT2D eigenvalue weighted by Crippen LogP contribution is 2.27. The molecule has 2 atom stereocenters. The maximum atomic E-state index is 12.0. The summed E-state index contributed by atoms with van der Waals surface area (Å²) in [7, 11) is 1.33. The van der Waals surface area contributed by atoms with Gasteiger partial charge >= 0.3 is 0 Å². The lowest BCUT2D eigenvalue weighted by Crippen LogP contribution is -2.41. The van der Waals surface area contributed by atoms with Crippen molar-refractivity contribution in [2.75, 3.05) is 95.5 Å². The van der Waals surface area contributed by atoms with Gasteiger partial charge in [-0.15, -0.1) is 0 Å². The molecule has 0 amide bonds. The molecule has 0 bridgehead atoms. The maximum Gasteiger partial charge on any atom is 0.252 e. The first-order valence-corrected chi connectivity index (χ1v) is 31.5. The average molecular weight is 1250 g/mol. The van der Waals surface area contributed by atoms with Gasteiger partial charge in [0, 0.05) is 56.7 Å². The fraction of sp³-hybridized carbons (Fsp3) is 0.370. The summed E-state index contributed by atoms with van der Waals surface area (Å²) >= 11 is 21.4.